The number of carbonyl (C=O) groups excluding carboxylic acids is 1. The van der Waals surface area contributed by atoms with Gasteiger partial charge in [0.15, 0.2) is 0 Å². The molecular formula is C20H23Cl2N3O2S. The number of nitrogens with zero attached hydrogens (tertiary/aromatic N) is 3. The third-order valence-electron chi connectivity index (χ3n) is 5.55. The van der Waals surface area contributed by atoms with Crippen LogP contribution in [-0.2, 0) is 6.54 Å². The van der Waals surface area contributed by atoms with Crippen molar-refractivity contribution >= 4 is 40.4 Å². The monoisotopic (exact) mass is 439 g/mol. The average Bonchev–Trinajstić information content (AvgIpc) is 3.29. The number of halogens is 2. The second-order valence-electron chi connectivity index (χ2n) is 7.38. The van der Waals surface area contributed by atoms with Crippen LogP contribution < -0.4 is 0 Å². The lowest BCUT2D eigenvalue weighted by Gasteiger charge is -2.38. The van der Waals surface area contributed by atoms with E-state index in [2.05, 4.69) is 21.9 Å². The number of aliphatic hydroxyl groups excluding tert-OH is 1. The summed E-state index contributed by atoms with van der Waals surface area (Å²) in [6.45, 7) is 5.47. The van der Waals surface area contributed by atoms with E-state index < -0.39 is 6.10 Å². The van der Waals surface area contributed by atoms with Crippen LogP contribution in [0.3, 0.4) is 0 Å². The molecule has 0 unspecified atom stereocenters. The molecule has 4 rings (SSSR count). The van der Waals surface area contributed by atoms with Gasteiger partial charge < -0.3 is 10.0 Å². The molecule has 2 aliphatic rings. The number of amides is 1. The molecule has 0 aliphatic carbocycles. The average molecular weight is 440 g/mol. The van der Waals surface area contributed by atoms with Crippen LogP contribution >= 0.6 is 34.5 Å². The number of piperazine rings is 1. The standard InChI is InChI=1S/C20H23Cl2N3O2S/c21-15-3-1-14(2-4-15)11-23-6-8-24(9-7-23)17-12-25(13-18(17)26)20(27)19-16(22)5-10-28-19/h1-5,10,17-18,26H,6-9,11-13H2/t17-,18-/m0/s1. The largest absolute Gasteiger partial charge is 0.390 e. The molecule has 28 heavy (non-hydrogen) atoms. The summed E-state index contributed by atoms with van der Waals surface area (Å²) in [5.41, 5.74) is 1.25. The molecule has 150 valence electrons. The number of thiophene rings is 1. The number of carbonyl (C=O) groups is 1. The van der Waals surface area contributed by atoms with Gasteiger partial charge in [-0.25, -0.2) is 0 Å². The van der Waals surface area contributed by atoms with Crippen molar-refractivity contribution < 1.29 is 9.90 Å². The Hall–Kier alpha value is -1.15. The summed E-state index contributed by atoms with van der Waals surface area (Å²) in [5, 5.41) is 13.6. The Balaban J connectivity index is 1.31. The van der Waals surface area contributed by atoms with Gasteiger partial charge in [-0.2, -0.15) is 0 Å². The van der Waals surface area contributed by atoms with Gasteiger partial charge >= 0.3 is 0 Å². The molecular weight excluding hydrogens is 417 g/mol. The van der Waals surface area contributed by atoms with Crippen LogP contribution in [-0.4, -0.2) is 77.1 Å². The van der Waals surface area contributed by atoms with Gasteiger partial charge in [0.05, 0.1) is 17.2 Å². The summed E-state index contributed by atoms with van der Waals surface area (Å²) in [6.07, 6.45) is -0.523. The van der Waals surface area contributed by atoms with E-state index in [4.69, 9.17) is 23.2 Å². The predicted octanol–water partition coefficient (Wildman–Crippen LogP) is 3.06. The summed E-state index contributed by atoms with van der Waals surface area (Å²) in [6, 6.07) is 9.70. The summed E-state index contributed by atoms with van der Waals surface area (Å²) < 4.78 is 0. The minimum absolute atomic E-state index is 0.0135. The van der Waals surface area contributed by atoms with Gasteiger partial charge in [0, 0.05) is 50.8 Å². The fourth-order valence-electron chi connectivity index (χ4n) is 3.99. The van der Waals surface area contributed by atoms with Crippen LogP contribution in [0.4, 0.5) is 0 Å². The van der Waals surface area contributed by atoms with Gasteiger partial charge in [0.25, 0.3) is 5.91 Å². The Morgan fingerprint density at radius 2 is 1.79 bits per heavy atom. The summed E-state index contributed by atoms with van der Waals surface area (Å²) in [5.74, 6) is -0.0806. The molecule has 2 saturated heterocycles. The summed E-state index contributed by atoms with van der Waals surface area (Å²) >= 11 is 13.4. The van der Waals surface area contributed by atoms with Crippen LogP contribution in [0, 0.1) is 0 Å². The zero-order valence-electron chi connectivity index (χ0n) is 15.4. The van der Waals surface area contributed by atoms with Gasteiger partial charge in [-0.05, 0) is 29.1 Å². The van der Waals surface area contributed by atoms with Crippen molar-refractivity contribution in [3.8, 4) is 0 Å². The van der Waals surface area contributed by atoms with E-state index in [9.17, 15) is 9.90 Å². The Morgan fingerprint density at radius 1 is 1.07 bits per heavy atom. The molecule has 0 bridgehead atoms. The van der Waals surface area contributed by atoms with Gasteiger partial charge in [-0.1, -0.05) is 35.3 Å². The number of rotatable bonds is 4. The maximum Gasteiger partial charge on any atom is 0.265 e. The van der Waals surface area contributed by atoms with Gasteiger partial charge in [-0.15, -0.1) is 11.3 Å². The smallest absolute Gasteiger partial charge is 0.265 e. The molecule has 3 heterocycles. The fraction of sp³-hybridized carbons (Fsp3) is 0.450. The molecule has 1 amide bonds. The van der Waals surface area contributed by atoms with E-state index in [0.717, 1.165) is 37.7 Å². The van der Waals surface area contributed by atoms with Crippen molar-refractivity contribution in [1.29, 1.82) is 0 Å². The second kappa shape index (κ2) is 8.69. The summed E-state index contributed by atoms with van der Waals surface area (Å²) in [7, 11) is 0. The fourth-order valence-corrected chi connectivity index (χ4v) is 5.21. The maximum atomic E-state index is 12.7. The van der Waals surface area contributed by atoms with Gasteiger partial charge in [0.2, 0.25) is 0 Å². The number of β-amino-alcohol motifs (C(OH)–C–C–N with tert-alkyl or cyclic N) is 1. The minimum atomic E-state index is -0.523. The van der Waals surface area contributed by atoms with Crippen molar-refractivity contribution in [1.82, 2.24) is 14.7 Å². The third kappa shape index (κ3) is 4.37. The quantitative estimate of drug-likeness (QED) is 0.794. The van der Waals surface area contributed by atoms with Crippen LogP contribution in [0.15, 0.2) is 35.7 Å². The Labute approximate surface area is 179 Å². The highest BCUT2D eigenvalue weighted by atomic mass is 35.5. The van der Waals surface area contributed by atoms with E-state index in [1.165, 1.54) is 16.9 Å². The van der Waals surface area contributed by atoms with Crippen LogP contribution in [0.1, 0.15) is 15.2 Å². The maximum absolute atomic E-state index is 12.7. The topological polar surface area (TPSA) is 47.0 Å². The van der Waals surface area contributed by atoms with Crippen molar-refractivity contribution in [3.63, 3.8) is 0 Å². The first kappa shape index (κ1) is 20.1. The Bertz CT molecular complexity index is 821. The van der Waals surface area contributed by atoms with E-state index in [0.29, 0.717) is 23.0 Å². The van der Waals surface area contributed by atoms with E-state index in [1.807, 2.05) is 17.5 Å². The molecule has 0 saturated carbocycles. The number of benzene rings is 1. The molecule has 1 aromatic carbocycles. The summed E-state index contributed by atoms with van der Waals surface area (Å²) in [4.78, 5) is 19.7. The highest BCUT2D eigenvalue weighted by Gasteiger charge is 2.39. The molecule has 2 atom stereocenters. The molecule has 0 spiro atoms. The lowest BCUT2D eigenvalue weighted by Crippen LogP contribution is -2.53. The van der Waals surface area contributed by atoms with Crippen molar-refractivity contribution in [2.75, 3.05) is 39.3 Å². The van der Waals surface area contributed by atoms with Crippen molar-refractivity contribution in [2.24, 2.45) is 0 Å². The first-order valence-corrected chi connectivity index (χ1v) is 11.1. The third-order valence-corrected chi connectivity index (χ3v) is 7.13. The molecule has 1 aromatic heterocycles. The predicted molar refractivity (Wildman–Crippen MR) is 113 cm³/mol. The van der Waals surface area contributed by atoms with E-state index >= 15 is 0 Å². The van der Waals surface area contributed by atoms with Crippen LogP contribution in [0.5, 0.6) is 0 Å². The number of likely N-dealkylation sites (tertiary alicyclic amines) is 1. The number of hydrogen-bond acceptors (Lipinski definition) is 5. The zero-order chi connectivity index (χ0) is 19.7. The normalized spacial score (nSPS) is 24.0. The van der Waals surface area contributed by atoms with Crippen molar-refractivity contribution in [2.45, 2.75) is 18.7 Å². The molecule has 1 N–H and O–H groups in total. The SMILES string of the molecule is O=C(c1sccc1Cl)N1C[C@H](O)[C@@H](N2CCN(Cc3ccc(Cl)cc3)CC2)C1. The Kier molecular flexibility index (Phi) is 6.25. The molecule has 2 aromatic rings. The molecule has 2 fully saturated rings. The first-order chi connectivity index (χ1) is 13.5. The molecule has 0 radical (unpaired) electrons. The molecule has 5 nitrogen and oxygen atoms in total. The second-order valence-corrected chi connectivity index (χ2v) is 9.14. The highest BCUT2D eigenvalue weighted by molar-refractivity contribution is 7.12. The number of aliphatic hydroxyl groups is 1. The minimum Gasteiger partial charge on any atom is -0.390 e. The first-order valence-electron chi connectivity index (χ1n) is 9.42. The van der Waals surface area contributed by atoms with Crippen LogP contribution in [0.25, 0.3) is 0 Å². The van der Waals surface area contributed by atoms with E-state index in [-0.39, 0.29) is 11.9 Å². The molecule has 8 heteroatoms. The van der Waals surface area contributed by atoms with E-state index in [1.54, 1.807) is 11.0 Å². The zero-order valence-corrected chi connectivity index (χ0v) is 17.8. The lowest BCUT2D eigenvalue weighted by atomic mass is 10.1. The number of hydrogen-bond donors (Lipinski definition) is 1. The van der Waals surface area contributed by atoms with Gasteiger partial charge in [-0.3, -0.25) is 14.6 Å². The van der Waals surface area contributed by atoms with Crippen LogP contribution in [0.2, 0.25) is 10.0 Å². The van der Waals surface area contributed by atoms with Crippen molar-refractivity contribution in [3.05, 3.63) is 56.2 Å². The molecule has 2 aliphatic heterocycles. The lowest BCUT2D eigenvalue weighted by molar-refractivity contribution is 0.0423. The Morgan fingerprint density at radius 3 is 2.43 bits per heavy atom. The highest BCUT2D eigenvalue weighted by Crippen LogP contribution is 2.27. The van der Waals surface area contributed by atoms with Gasteiger partial charge in [0.1, 0.15) is 4.88 Å².